The Hall–Kier alpha value is 0.734. The van der Waals surface area contributed by atoms with Gasteiger partial charge in [0.2, 0.25) is 0 Å². The maximum absolute atomic E-state index is 10.6. The van der Waals surface area contributed by atoms with Crippen LogP contribution in [0.25, 0.3) is 0 Å². The van der Waals surface area contributed by atoms with Gasteiger partial charge in [0.25, 0.3) is 0 Å². The maximum Gasteiger partial charge on any atom is 0.132 e. The minimum absolute atomic E-state index is 0. The summed E-state index contributed by atoms with van der Waals surface area (Å²) in [5, 5.41) is 9.03. The minimum Gasteiger partial charge on any atom is -0.393 e. The maximum atomic E-state index is 10.6. The molecule has 2 nitrogen and oxygen atoms in total. The van der Waals surface area contributed by atoms with E-state index in [0.717, 1.165) is 37.0 Å². The van der Waals surface area contributed by atoms with Gasteiger partial charge in [-0.25, -0.2) is 0 Å². The molecule has 0 rings (SSSR count). The van der Waals surface area contributed by atoms with Gasteiger partial charge in [0.1, 0.15) is 5.78 Å². The number of unbranched alkanes of at least 4 members (excludes halogenated alkanes) is 1. The molecule has 0 saturated heterocycles. The molecule has 0 aromatic heterocycles. The molecule has 0 bridgehead atoms. The first-order chi connectivity index (χ1) is 14.3. The van der Waals surface area contributed by atoms with E-state index in [9.17, 15) is 4.79 Å². The van der Waals surface area contributed by atoms with Gasteiger partial charge in [-0.05, 0) is 42.9 Å². The summed E-state index contributed by atoms with van der Waals surface area (Å²) in [7, 11) is 0. The quantitative estimate of drug-likeness (QED) is 0.254. The molecule has 0 aliphatic heterocycles. The Morgan fingerprint density at radius 1 is 0.719 bits per heavy atom. The summed E-state index contributed by atoms with van der Waals surface area (Å²) >= 11 is 0. The predicted molar refractivity (Wildman–Crippen MR) is 143 cm³/mol. The summed E-state index contributed by atoms with van der Waals surface area (Å²) in [6.45, 7) is 28.1. The summed E-state index contributed by atoms with van der Waals surface area (Å²) in [5.41, 5.74) is 0. The number of aliphatic hydroxyl groups is 1. The van der Waals surface area contributed by atoms with Crippen LogP contribution in [0.3, 0.4) is 0 Å². The number of hydrogen-bond acceptors (Lipinski definition) is 2. The Bertz CT molecular complexity index is 322. The third-order valence-corrected chi connectivity index (χ3v) is 4.74. The second kappa shape index (κ2) is 31.7. The van der Waals surface area contributed by atoms with Gasteiger partial charge in [-0.1, -0.05) is 102 Å². The molecule has 2 atom stereocenters. The van der Waals surface area contributed by atoms with E-state index < -0.39 is 0 Å². The first-order valence-electron chi connectivity index (χ1n) is 13.3. The third-order valence-electron chi connectivity index (χ3n) is 4.74. The molecular weight excluding hydrogens is 469 g/mol. The van der Waals surface area contributed by atoms with Crippen LogP contribution in [-0.2, 0) is 37.5 Å². The molecule has 195 valence electrons. The van der Waals surface area contributed by atoms with Crippen molar-refractivity contribution >= 4 is 5.78 Å². The molecule has 3 heteroatoms. The molecule has 0 amide bonds. The van der Waals surface area contributed by atoms with Crippen molar-refractivity contribution in [2.45, 2.75) is 147 Å². The van der Waals surface area contributed by atoms with Gasteiger partial charge in [0.05, 0.1) is 6.10 Å². The van der Waals surface area contributed by atoms with Crippen molar-refractivity contribution in [1.82, 2.24) is 0 Å². The summed E-state index contributed by atoms with van der Waals surface area (Å²) in [6, 6.07) is 0. The fraction of sp³-hybridized carbons (Fsp3) is 0.931. The molecule has 2 unspecified atom stereocenters. The van der Waals surface area contributed by atoms with Crippen LogP contribution < -0.4 is 0 Å². The normalized spacial score (nSPS) is 12.1. The smallest absolute Gasteiger partial charge is 0.132 e. The first-order valence-corrected chi connectivity index (χ1v) is 13.3. The van der Waals surface area contributed by atoms with Crippen LogP contribution in [0, 0.1) is 36.0 Å². The SMILES string of the molecule is CCC(=O)CC(C)C.CCC(C)CC(C)C.CCC(O)CC(C)C.CC[CH-]CC(C)C.[Y]. The second-order valence-corrected chi connectivity index (χ2v) is 10.7. The van der Waals surface area contributed by atoms with Crippen molar-refractivity contribution in [3.05, 3.63) is 6.42 Å². The average Bonchev–Trinajstić information content (AvgIpc) is 2.66. The summed E-state index contributed by atoms with van der Waals surface area (Å²) < 4.78 is 0. The molecule has 1 radical (unpaired) electrons. The Kier molecular flexibility index (Phi) is 42.5. The van der Waals surface area contributed by atoms with Crippen LogP contribution in [-0.4, -0.2) is 17.0 Å². The number of Topliss-reactive ketones (excluding diaryl/α,β-unsaturated/α-hetero) is 1. The standard InChI is InChI=1S/C8H18.C7H16O.C7H14O.C7H15.Y/c1-5-8(4)6-7(2)3;2*1-4-7(8)5-6(2)3;1-4-5-6-7(2)3;/h7-8H,5-6H2,1-4H3;6-8H,4-5H2,1-3H3;6H,4-5H2,1-3H3;5,7H,4,6H2,1-3H3;/q;;;-1;. The fourth-order valence-corrected chi connectivity index (χ4v) is 2.78. The summed E-state index contributed by atoms with van der Waals surface area (Å²) in [5.74, 6) is 4.19. The number of carbonyl (C=O) groups excluding carboxylic acids is 1. The van der Waals surface area contributed by atoms with E-state index >= 15 is 0 Å². The minimum atomic E-state index is -0.0741. The van der Waals surface area contributed by atoms with Crippen LogP contribution in [0.4, 0.5) is 0 Å². The van der Waals surface area contributed by atoms with Crippen molar-refractivity contribution in [2.75, 3.05) is 0 Å². The summed E-state index contributed by atoms with van der Waals surface area (Å²) in [6.07, 6.45) is 10.7. The van der Waals surface area contributed by atoms with Crippen molar-refractivity contribution in [2.24, 2.45) is 29.6 Å². The van der Waals surface area contributed by atoms with Crippen molar-refractivity contribution in [1.29, 1.82) is 0 Å². The van der Waals surface area contributed by atoms with Crippen LogP contribution in [0.2, 0.25) is 0 Å². The molecule has 0 aromatic carbocycles. The van der Waals surface area contributed by atoms with Gasteiger partial charge < -0.3 is 11.5 Å². The van der Waals surface area contributed by atoms with E-state index in [4.69, 9.17) is 5.11 Å². The van der Waals surface area contributed by atoms with E-state index in [0.29, 0.717) is 24.0 Å². The molecule has 0 fully saturated rings. The zero-order valence-electron chi connectivity index (χ0n) is 24.6. The van der Waals surface area contributed by atoms with E-state index in [1.54, 1.807) is 0 Å². The number of ketones is 1. The molecule has 32 heavy (non-hydrogen) atoms. The van der Waals surface area contributed by atoms with E-state index in [1.165, 1.54) is 25.7 Å². The number of aliphatic hydroxyl groups excluding tert-OH is 1. The van der Waals surface area contributed by atoms with Crippen LogP contribution in [0.5, 0.6) is 0 Å². The topological polar surface area (TPSA) is 37.3 Å². The van der Waals surface area contributed by atoms with Gasteiger partial charge in [-0.15, -0.1) is 0 Å². The second-order valence-electron chi connectivity index (χ2n) is 10.7. The Morgan fingerprint density at radius 2 is 1.19 bits per heavy atom. The monoisotopic (exact) mass is 532 g/mol. The Balaban J connectivity index is -0.000000100. The zero-order valence-corrected chi connectivity index (χ0v) is 27.5. The average molecular weight is 533 g/mol. The molecule has 0 spiro atoms. The van der Waals surface area contributed by atoms with E-state index in [1.807, 2.05) is 13.8 Å². The van der Waals surface area contributed by atoms with Crippen molar-refractivity contribution < 1.29 is 42.6 Å². The Labute approximate surface area is 230 Å². The summed E-state index contributed by atoms with van der Waals surface area (Å²) in [4.78, 5) is 10.6. The van der Waals surface area contributed by atoms with Crippen molar-refractivity contribution in [3.8, 4) is 0 Å². The fourth-order valence-electron chi connectivity index (χ4n) is 2.78. The van der Waals surface area contributed by atoms with Gasteiger partial charge in [-0.2, -0.15) is 12.8 Å². The number of hydrogen-bond donors (Lipinski definition) is 1. The molecule has 0 saturated carbocycles. The number of rotatable bonds is 12. The molecule has 0 aromatic rings. The van der Waals surface area contributed by atoms with Gasteiger partial charge in [0, 0.05) is 45.6 Å². The van der Waals surface area contributed by atoms with Gasteiger partial charge >= 0.3 is 0 Å². The van der Waals surface area contributed by atoms with E-state index in [-0.39, 0.29) is 38.8 Å². The van der Waals surface area contributed by atoms with Crippen LogP contribution in [0.15, 0.2) is 0 Å². The van der Waals surface area contributed by atoms with E-state index in [2.05, 4.69) is 82.6 Å². The van der Waals surface area contributed by atoms with Gasteiger partial charge in [-0.3, -0.25) is 4.79 Å². The van der Waals surface area contributed by atoms with Crippen molar-refractivity contribution in [3.63, 3.8) is 0 Å². The third kappa shape index (κ3) is 52.6. The van der Waals surface area contributed by atoms with Gasteiger partial charge in [0.15, 0.2) is 0 Å². The molecule has 0 aliphatic rings. The zero-order chi connectivity index (χ0) is 25.4. The Morgan fingerprint density at radius 3 is 1.31 bits per heavy atom. The first kappa shape index (κ1) is 42.9. The number of carbonyl (C=O) groups is 1. The van der Waals surface area contributed by atoms with Crippen LogP contribution >= 0.6 is 0 Å². The molecule has 0 heterocycles. The van der Waals surface area contributed by atoms with Crippen LogP contribution in [0.1, 0.15) is 141 Å². The molecule has 0 aliphatic carbocycles. The molecular formula is C29H63O2Y-. The largest absolute Gasteiger partial charge is 0.393 e. The predicted octanol–water partition coefficient (Wildman–Crippen LogP) is 9.54. The molecule has 1 N–H and O–H groups in total.